The highest BCUT2D eigenvalue weighted by Gasteiger charge is 2.48. The van der Waals surface area contributed by atoms with Crippen molar-refractivity contribution in [1.82, 2.24) is 10.2 Å². The van der Waals surface area contributed by atoms with E-state index in [2.05, 4.69) is 41.6 Å². The van der Waals surface area contributed by atoms with Crippen LogP contribution in [0.1, 0.15) is 63.4 Å². The molecule has 1 aromatic heterocycles. The predicted octanol–water partition coefficient (Wildman–Crippen LogP) is 3.93. The van der Waals surface area contributed by atoms with Crippen LogP contribution in [-0.4, -0.2) is 23.4 Å². The van der Waals surface area contributed by atoms with Gasteiger partial charge in [0.1, 0.15) is 6.17 Å². The van der Waals surface area contributed by atoms with Crippen LogP contribution in [0.4, 0.5) is 0 Å². The normalized spacial score (nSPS) is 27.3. The van der Waals surface area contributed by atoms with Crippen LogP contribution in [0.25, 0.3) is 0 Å². The number of thiophene rings is 1. The van der Waals surface area contributed by atoms with Gasteiger partial charge in [0.25, 0.3) is 0 Å². The molecule has 4 heteroatoms. The highest BCUT2D eigenvalue weighted by Crippen LogP contribution is 2.50. The van der Waals surface area contributed by atoms with Crippen molar-refractivity contribution in [2.24, 2.45) is 5.41 Å². The van der Waals surface area contributed by atoms with Crippen molar-refractivity contribution in [2.45, 2.75) is 64.6 Å². The molecule has 21 heavy (non-hydrogen) atoms. The first kappa shape index (κ1) is 15.0. The third kappa shape index (κ3) is 3.02. The van der Waals surface area contributed by atoms with Gasteiger partial charge in [-0.1, -0.05) is 32.8 Å². The number of unbranched alkanes of at least 4 members (excludes halogenated alkanes) is 1. The zero-order chi connectivity index (χ0) is 14.9. The minimum atomic E-state index is 0.0182. The minimum Gasteiger partial charge on any atom is -0.320 e. The van der Waals surface area contributed by atoms with Gasteiger partial charge in [0, 0.05) is 11.4 Å². The van der Waals surface area contributed by atoms with E-state index in [0.29, 0.717) is 11.3 Å². The van der Waals surface area contributed by atoms with Crippen LogP contribution in [0.15, 0.2) is 17.5 Å². The molecule has 2 heterocycles. The monoisotopic (exact) mass is 306 g/mol. The molecule has 2 unspecified atom stereocenters. The second kappa shape index (κ2) is 6.09. The molecule has 1 aliphatic carbocycles. The van der Waals surface area contributed by atoms with Crippen molar-refractivity contribution < 1.29 is 4.79 Å². The summed E-state index contributed by atoms with van der Waals surface area (Å²) in [5.74, 6) is 0.321. The Balaban J connectivity index is 1.77. The number of rotatable bonds is 7. The maximum absolute atomic E-state index is 12.8. The number of carbonyl (C=O) groups excluding carboxylic acids is 1. The Bertz CT molecular complexity index is 481. The fourth-order valence-electron chi connectivity index (χ4n) is 3.31. The van der Waals surface area contributed by atoms with Gasteiger partial charge in [0.05, 0.1) is 6.04 Å². The molecule has 1 saturated carbocycles. The first-order valence-corrected chi connectivity index (χ1v) is 9.17. The summed E-state index contributed by atoms with van der Waals surface area (Å²) in [5, 5.41) is 5.69. The van der Waals surface area contributed by atoms with Crippen LogP contribution in [0.2, 0.25) is 0 Å². The van der Waals surface area contributed by atoms with Crippen LogP contribution >= 0.6 is 11.3 Å². The maximum Gasteiger partial charge on any atom is 0.241 e. The van der Waals surface area contributed by atoms with Gasteiger partial charge in [-0.05, 0) is 42.5 Å². The molecule has 0 spiro atoms. The highest BCUT2D eigenvalue weighted by molar-refractivity contribution is 7.10. The number of hydrogen-bond acceptors (Lipinski definition) is 3. The molecule has 2 aliphatic rings. The molecule has 0 aromatic carbocycles. The summed E-state index contributed by atoms with van der Waals surface area (Å²) in [6, 6.07) is 4.25. The first-order chi connectivity index (χ1) is 10.2. The molecule has 2 fully saturated rings. The van der Waals surface area contributed by atoms with E-state index in [1.807, 2.05) is 0 Å². The smallest absolute Gasteiger partial charge is 0.241 e. The van der Waals surface area contributed by atoms with Crippen LogP contribution in [0.3, 0.4) is 0 Å². The number of carbonyl (C=O) groups is 1. The molecule has 1 aliphatic heterocycles. The molecule has 1 aromatic rings. The van der Waals surface area contributed by atoms with E-state index < -0.39 is 0 Å². The van der Waals surface area contributed by atoms with Crippen LogP contribution in [0, 0.1) is 5.41 Å². The van der Waals surface area contributed by atoms with Crippen molar-refractivity contribution in [2.75, 3.05) is 6.54 Å². The minimum absolute atomic E-state index is 0.0182. The Morgan fingerprint density at radius 3 is 2.81 bits per heavy atom. The van der Waals surface area contributed by atoms with E-state index in [0.717, 1.165) is 25.8 Å². The Kier molecular flexibility index (Phi) is 4.36. The Hall–Kier alpha value is -0.870. The highest BCUT2D eigenvalue weighted by atomic mass is 32.1. The van der Waals surface area contributed by atoms with E-state index in [1.165, 1.54) is 24.1 Å². The van der Waals surface area contributed by atoms with E-state index >= 15 is 0 Å². The van der Waals surface area contributed by atoms with Gasteiger partial charge in [0.2, 0.25) is 5.91 Å². The lowest BCUT2D eigenvalue weighted by Gasteiger charge is -2.27. The maximum atomic E-state index is 12.8. The number of nitrogens with zero attached hydrogens (tertiary/aromatic N) is 1. The van der Waals surface area contributed by atoms with E-state index in [-0.39, 0.29) is 12.2 Å². The third-order valence-electron chi connectivity index (χ3n) is 5.12. The topological polar surface area (TPSA) is 32.3 Å². The summed E-state index contributed by atoms with van der Waals surface area (Å²) < 4.78 is 0. The standard InChI is InChI=1S/C17H26N2OS/c1-3-5-7-13-16(20)19(12-17(4-2)9-10-17)15(18-13)14-8-6-11-21-14/h6,8,11,13,15,18H,3-5,7,9-10,12H2,1-2H3. The van der Waals surface area contributed by atoms with Crippen LogP contribution in [-0.2, 0) is 4.79 Å². The van der Waals surface area contributed by atoms with Gasteiger partial charge in [-0.2, -0.15) is 0 Å². The van der Waals surface area contributed by atoms with Crippen molar-refractivity contribution in [3.8, 4) is 0 Å². The second-order valence-corrected chi connectivity index (χ2v) is 7.58. The summed E-state index contributed by atoms with van der Waals surface area (Å²) in [7, 11) is 0. The van der Waals surface area contributed by atoms with Gasteiger partial charge in [0.15, 0.2) is 0 Å². The lowest BCUT2D eigenvalue weighted by atomic mass is 10.0. The van der Waals surface area contributed by atoms with Crippen molar-refractivity contribution in [1.29, 1.82) is 0 Å². The molecule has 3 rings (SSSR count). The molecule has 2 atom stereocenters. The fourth-order valence-corrected chi connectivity index (χ4v) is 4.10. The molecule has 0 radical (unpaired) electrons. The van der Waals surface area contributed by atoms with E-state index in [1.54, 1.807) is 11.3 Å². The van der Waals surface area contributed by atoms with Crippen molar-refractivity contribution in [3.63, 3.8) is 0 Å². The van der Waals surface area contributed by atoms with Gasteiger partial charge >= 0.3 is 0 Å². The number of nitrogens with one attached hydrogen (secondary N) is 1. The molecule has 1 amide bonds. The molecule has 116 valence electrons. The average Bonchev–Trinajstić information content (AvgIpc) is 2.93. The molecular formula is C17H26N2OS. The average molecular weight is 306 g/mol. The fraction of sp³-hybridized carbons (Fsp3) is 0.706. The van der Waals surface area contributed by atoms with Crippen LogP contribution in [0.5, 0.6) is 0 Å². The van der Waals surface area contributed by atoms with E-state index in [4.69, 9.17) is 0 Å². The molecule has 1 N–H and O–H groups in total. The lowest BCUT2D eigenvalue weighted by molar-refractivity contribution is -0.131. The van der Waals surface area contributed by atoms with Gasteiger partial charge < -0.3 is 4.90 Å². The third-order valence-corrected chi connectivity index (χ3v) is 6.05. The van der Waals surface area contributed by atoms with Crippen molar-refractivity contribution >= 4 is 17.2 Å². The summed E-state index contributed by atoms with van der Waals surface area (Å²) in [4.78, 5) is 16.2. The summed E-state index contributed by atoms with van der Waals surface area (Å²) in [5.41, 5.74) is 0.409. The predicted molar refractivity (Wildman–Crippen MR) is 87.2 cm³/mol. The Morgan fingerprint density at radius 2 is 2.24 bits per heavy atom. The summed E-state index contributed by atoms with van der Waals surface area (Å²) in [6.07, 6.45) is 7.08. The lowest BCUT2D eigenvalue weighted by Crippen LogP contribution is -2.35. The zero-order valence-corrected chi connectivity index (χ0v) is 13.9. The van der Waals surface area contributed by atoms with Crippen molar-refractivity contribution in [3.05, 3.63) is 22.4 Å². The number of hydrogen-bond donors (Lipinski definition) is 1. The van der Waals surface area contributed by atoms with Gasteiger partial charge in [-0.3, -0.25) is 10.1 Å². The Labute approximate surface area is 131 Å². The van der Waals surface area contributed by atoms with Gasteiger partial charge in [-0.15, -0.1) is 11.3 Å². The molecule has 3 nitrogen and oxygen atoms in total. The molecular weight excluding hydrogens is 280 g/mol. The molecule has 0 bridgehead atoms. The molecule has 1 saturated heterocycles. The quantitative estimate of drug-likeness (QED) is 0.828. The zero-order valence-electron chi connectivity index (χ0n) is 13.1. The van der Waals surface area contributed by atoms with Gasteiger partial charge in [-0.25, -0.2) is 0 Å². The summed E-state index contributed by atoms with van der Waals surface area (Å²) >= 11 is 1.75. The Morgan fingerprint density at radius 1 is 1.43 bits per heavy atom. The SMILES string of the molecule is CCCCC1NC(c2cccs2)N(CC2(CC)CC2)C1=O. The number of amides is 1. The van der Waals surface area contributed by atoms with Crippen LogP contribution < -0.4 is 5.32 Å². The summed E-state index contributed by atoms with van der Waals surface area (Å²) in [6.45, 7) is 5.38. The second-order valence-electron chi connectivity index (χ2n) is 6.60. The first-order valence-electron chi connectivity index (χ1n) is 8.29. The largest absolute Gasteiger partial charge is 0.320 e. The van der Waals surface area contributed by atoms with E-state index in [9.17, 15) is 4.79 Å².